The first-order valence-corrected chi connectivity index (χ1v) is 8.02. The molecule has 114 valence electrons. The third kappa shape index (κ3) is 2.97. The molecule has 1 saturated heterocycles. The second kappa shape index (κ2) is 6.58. The van der Waals surface area contributed by atoms with Crippen molar-refractivity contribution in [3.05, 3.63) is 30.1 Å². The van der Waals surface area contributed by atoms with Crippen LogP contribution in [0.2, 0.25) is 0 Å². The Labute approximate surface area is 126 Å². The van der Waals surface area contributed by atoms with E-state index in [0.29, 0.717) is 12.0 Å². The molecule has 0 amide bonds. The van der Waals surface area contributed by atoms with E-state index in [1.807, 2.05) is 0 Å². The van der Waals surface area contributed by atoms with Crippen molar-refractivity contribution in [2.75, 3.05) is 20.3 Å². The molecule has 2 heterocycles. The molecule has 4 heteroatoms. The van der Waals surface area contributed by atoms with E-state index in [0.717, 1.165) is 31.7 Å². The molecule has 1 aliphatic heterocycles. The molecule has 2 aromatic rings. The van der Waals surface area contributed by atoms with Crippen LogP contribution in [0.3, 0.4) is 0 Å². The minimum Gasteiger partial charge on any atom is -0.381 e. The summed E-state index contributed by atoms with van der Waals surface area (Å²) in [5.74, 6) is 1.78. The molecule has 0 bridgehead atoms. The molecule has 0 saturated carbocycles. The maximum absolute atomic E-state index is 5.65. The summed E-state index contributed by atoms with van der Waals surface area (Å²) in [7, 11) is 2.05. The monoisotopic (exact) mass is 287 g/mol. The first kappa shape index (κ1) is 14.5. The van der Waals surface area contributed by atoms with Gasteiger partial charge < -0.3 is 14.6 Å². The van der Waals surface area contributed by atoms with Gasteiger partial charge in [-0.25, -0.2) is 4.98 Å². The van der Waals surface area contributed by atoms with Crippen molar-refractivity contribution in [3.63, 3.8) is 0 Å². The van der Waals surface area contributed by atoms with Crippen LogP contribution in [0, 0.1) is 5.92 Å². The second-order valence-electron chi connectivity index (χ2n) is 5.84. The van der Waals surface area contributed by atoms with Crippen LogP contribution in [0.4, 0.5) is 0 Å². The Hall–Kier alpha value is -1.39. The standard InChI is InChI=1S/C17H25N3O/c1-3-20-16-9-5-4-8-14(16)19-17(20)11-15(18-2)13-7-6-10-21-12-13/h4-5,8-9,13,15,18H,3,6-7,10-12H2,1-2H3. The number of nitrogens with one attached hydrogen (secondary N) is 1. The number of ether oxygens (including phenoxy) is 1. The number of fused-ring (bicyclic) bond motifs is 1. The number of para-hydroxylation sites is 2. The summed E-state index contributed by atoms with van der Waals surface area (Å²) in [4.78, 5) is 4.85. The number of likely N-dealkylation sites (N-methyl/N-ethyl adjacent to an activating group) is 1. The highest BCUT2D eigenvalue weighted by Crippen LogP contribution is 2.22. The smallest absolute Gasteiger partial charge is 0.111 e. The highest BCUT2D eigenvalue weighted by atomic mass is 16.5. The highest BCUT2D eigenvalue weighted by molar-refractivity contribution is 5.75. The van der Waals surface area contributed by atoms with E-state index >= 15 is 0 Å². The van der Waals surface area contributed by atoms with Crippen molar-refractivity contribution in [1.29, 1.82) is 0 Å². The normalized spacial score (nSPS) is 20.8. The zero-order valence-electron chi connectivity index (χ0n) is 13.0. The Morgan fingerprint density at radius 2 is 2.29 bits per heavy atom. The minimum atomic E-state index is 0.437. The molecule has 2 unspecified atom stereocenters. The van der Waals surface area contributed by atoms with E-state index in [1.165, 1.54) is 24.2 Å². The van der Waals surface area contributed by atoms with Gasteiger partial charge in [0.25, 0.3) is 0 Å². The Kier molecular flexibility index (Phi) is 4.56. The molecule has 1 aromatic carbocycles. The van der Waals surface area contributed by atoms with E-state index in [1.54, 1.807) is 0 Å². The fourth-order valence-electron chi connectivity index (χ4n) is 3.42. The molecule has 1 N–H and O–H groups in total. The van der Waals surface area contributed by atoms with Gasteiger partial charge in [-0.1, -0.05) is 12.1 Å². The van der Waals surface area contributed by atoms with Crippen molar-refractivity contribution >= 4 is 11.0 Å². The van der Waals surface area contributed by atoms with Crippen LogP contribution in [-0.4, -0.2) is 35.9 Å². The van der Waals surface area contributed by atoms with Crippen LogP contribution in [0.5, 0.6) is 0 Å². The zero-order valence-corrected chi connectivity index (χ0v) is 13.0. The lowest BCUT2D eigenvalue weighted by atomic mass is 9.91. The molecular formula is C17H25N3O. The Bertz CT molecular complexity index is 587. The van der Waals surface area contributed by atoms with Gasteiger partial charge in [0.1, 0.15) is 5.82 Å². The van der Waals surface area contributed by atoms with Crippen LogP contribution in [0.1, 0.15) is 25.6 Å². The Balaban J connectivity index is 1.85. The van der Waals surface area contributed by atoms with E-state index < -0.39 is 0 Å². The van der Waals surface area contributed by atoms with Gasteiger partial charge in [0, 0.05) is 25.6 Å². The van der Waals surface area contributed by atoms with Gasteiger partial charge in [0.05, 0.1) is 17.6 Å². The summed E-state index contributed by atoms with van der Waals surface area (Å²) in [5, 5.41) is 3.48. The van der Waals surface area contributed by atoms with Crippen molar-refractivity contribution in [2.24, 2.45) is 5.92 Å². The number of rotatable bonds is 5. The topological polar surface area (TPSA) is 39.1 Å². The summed E-state index contributed by atoms with van der Waals surface area (Å²) in [5.41, 5.74) is 2.34. The van der Waals surface area contributed by atoms with Crippen LogP contribution in [-0.2, 0) is 17.7 Å². The van der Waals surface area contributed by atoms with Gasteiger partial charge >= 0.3 is 0 Å². The minimum absolute atomic E-state index is 0.437. The predicted octanol–water partition coefficient (Wildman–Crippen LogP) is 2.61. The SMILES string of the molecule is CCn1c(CC(NC)C2CCCOC2)nc2ccccc21. The van der Waals surface area contributed by atoms with Gasteiger partial charge in [-0.2, -0.15) is 0 Å². The molecule has 4 nitrogen and oxygen atoms in total. The molecular weight excluding hydrogens is 262 g/mol. The van der Waals surface area contributed by atoms with Crippen molar-refractivity contribution in [1.82, 2.24) is 14.9 Å². The number of benzene rings is 1. The molecule has 2 atom stereocenters. The fourth-order valence-corrected chi connectivity index (χ4v) is 3.42. The summed E-state index contributed by atoms with van der Waals surface area (Å²) in [6.07, 6.45) is 3.39. The maximum atomic E-state index is 5.65. The lowest BCUT2D eigenvalue weighted by Gasteiger charge is -2.30. The number of hydrogen-bond donors (Lipinski definition) is 1. The van der Waals surface area contributed by atoms with Gasteiger partial charge in [0.15, 0.2) is 0 Å². The second-order valence-corrected chi connectivity index (χ2v) is 5.84. The van der Waals surface area contributed by atoms with Crippen LogP contribution in [0.25, 0.3) is 11.0 Å². The van der Waals surface area contributed by atoms with Crippen LogP contribution < -0.4 is 5.32 Å². The highest BCUT2D eigenvalue weighted by Gasteiger charge is 2.25. The number of aromatic nitrogens is 2. The average Bonchev–Trinajstić information content (AvgIpc) is 2.90. The Morgan fingerprint density at radius 3 is 3.00 bits per heavy atom. The largest absolute Gasteiger partial charge is 0.381 e. The molecule has 0 radical (unpaired) electrons. The molecule has 21 heavy (non-hydrogen) atoms. The van der Waals surface area contributed by atoms with Gasteiger partial charge in [-0.05, 0) is 44.9 Å². The number of hydrogen-bond acceptors (Lipinski definition) is 3. The molecule has 1 aliphatic rings. The van der Waals surface area contributed by atoms with Gasteiger partial charge in [0.2, 0.25) is 0 Å². The van der Waals surface area contributed by atoms with Crippen molar-refractivity contribution in [2.45, 2.75) is 38.8 Å². The molecule has 0 spiro atoms. The number of aryl methyl sites for hydroxylation is 1. The lowest BCUT2D eigenvalue weighted by molar-refractivity contribution is 0.0401. The van der Waals surface area contributed by atoms with E-state index in [4.69, 9.17) is 9.72 Å². The summed E-state index contributed by atoms with van der Waals surface area (Å²) < 4.78 is 7.99. The predicted molar refractivity (Wildman–Crippen MR) is 85.5 cm³/mol. The first-order chi connectivity index (χ1) is 10.3. The molecule has 1 aromatic heterocycles. The van der Waals surface area contributed by atoms with Crippen LogP contribution >= 0.6 is 0 Å². The molecule has 3 rings (SSSR count). The van der Waals surface area contributed by atoms with Crippen molar-refractivity contribution in [3.8, 4) is 0 Å². The van der Waals surface area contributed by atoms with Crippen molar-refractivity contribution < 1.29 is 4.74 Å². The fraction of sp³-hybridized carbons (Fsp3) is 0.588. The number of imidazole rings is 1. The number of nitrogens with zero attached hydrogens (tertiary/aromatic N) is 2. The third-order valence-corrected chi connectivity index (χ3v) is 4.59. The van der Waals surface area contributed by atoms with Gasteiger partial charge in [-0.15, -0.1) is 0 Å². The zero-order chi connectivity index (χ0) is 14.7. The molecule has 0 aliphatic carbocycles. The van der Waals surface area contributed by atoms with E-state index in [-0.39, 0.29) is 0 Å². The van der Waals surface area contributed by atoms with E-state index in [9.17, 15) is 0 Å². The van der Waals surface area contributed by atoms with E-state index in [2.05, 4.69) is 48.1 Å². The van der Waals surface area contributed by atoms with Crippen LogP contribution in [0.15, 0.2) is 24.3 Å². The average molecular weight is 287 g/mol. The lowest BCUT2D eigenvalue weighted by Crippen LogP contribution is -2.40. The quantitative estimate of drug-likeness (QED) is 0.919. The van der Waals surface area contributed by atoms with Gasteiger partial charge in [-0.3, -0.25) is 0 Å². The summed E-state index contributed by atoms with van der Waals surface area (Å²) in [6, 6.07) is 8.84. The maximum Gasteiger partial charge on any atom is 0.111 e. The third-order valence-electron chi connectivity index (χ3n) is 4.59. The molecule has 1 fully saturated rings. The summed E-state index contributed by atoms with van der Waals surface area (Å²) in [6.45, 7) is 4.95. The summed E-state index contributed by atoms with van der Waals surface area (Å²) >= 11 is 0. The Morgan fingerprint density at radius 1 is 1.43 bits per heavy atom. The first-order valence-electron chi connectivity index (χ1n) is 8.02.